The molecule has 2 aromatic carbocycles. The minimum Gasteiger partial charge on any atom is -0.456 e. The second-order valence-electron chi connectivity index (χ2n) is 3.87. The number of Topliss-reactive ketones (excluding diaryl/α,β-unsaturated/α-hetero) is 1. The van der Waals surface area contributed by atoms with Gasteiger partial charge in [-0.3, -0.25) is 4.79 Å². The van der Waals surface area contributed by atoms with Gasteiger partial charge in [-0.2, -0.15) is 0 Å². The fourth-order valence-electron chi connectivity index (χ4n) is 1.53. The highest BCUT2D eigenvalue weighted by atomic mass is 79.9. The number of ketones is 1. The van der Waals surface area contributed by atoms with Crippen LogP contribution in [0.25, 0.3) is 0 Å². The maximum absolute atomic E-state index is 11.3. The lowest BCUT2D eigenvalue weighted by Crippen LogP contribution is -1.94. The van der Waals surface area contributed by atoms with Gasteiger partial charge in [-0.05, 0) is 75.2 Å². The molecular weight excluding hydrogens is 395 g/mol. The third-order valence-electron chi connectivity index (χ3n) is 2.44. The molecule has 0 N–H and O–H groups in total. The molecule has 0 radical (unpaired) electrons. The van der Waals surface area contributed by atoms with E-state index in [1.807, 2.05) is 0 Å². The van der Waals surface area contributed by atoms with Crippen molar-refractivity contribution in [3.63, 3.8) is 0 Å². The summed E-state index contributed by atoms with van der Waals surface area (Å²) in [6, 6.07) is 10.5. The Morgan fingerprint density at radius 2 is 1.84 bits per heavy atom. The molecule has 0 aliphatic carbocycles. The van der Waals surface area contributed by atoms with E-state index in [-0.39, 0.29) is 5.78 Å². The number of halogens is 3. The number of hydrogen-bond donors (Lipinski definition) is 0. The lowest BCUT2D eigenvalue weighted by Gasteiger charge is -2.09. The van der Waals surface area contributed by atoms with Crippen LogP contribution in [-0.2, 0) is 0 Å². The molecule has 0 spiro atoms. The van der Waals surface area contributed by atoms with E-state index in [4.69, 9.17) is 16.3 Å². The van der Waals surface area contributed by atoms with Gasteiger partial charge in [0, 0.05) is 15.1 Å². The Labute approximate surface area is 133 Å². The zero-order valence-corrected chi connectivity index (χ0v) is 13.8. The highest BCUT2D eigenvalue weighted by Gasteiger charge is 2.08. The number of carbonyl (C=O) groups excluding carboxylic acids is 1. The fraction of sp³-hybridized carbons (Fsp3) is 0.0714. The van der Waals surface area contributed by atoms with Crippen molar-refractivity contribution in [1.82, 2.24) is 0 Å². The van der Waals surface area contributed by atoms with Crippen LogP contribution in [0.5, 0.6) is 11.5 Å². The van der Waals surface area contributed by atoms with Crippen molar-refractivity contribution in [2.24, 2.45) is 0 Å². The van der Waals surface area contributed by atoms with Gasteiger partial charge in [0.05, 0.1) is 4.47 Å². The molecule has 98 valence electrons. The summed E-state index contributed by atoms with van der Waals surface area (Å²) < 4.78 is 7.21. The van der Waals surface area contributed by atoms with Crippen LogP contribution in [0.15, 0.2) is 45.3 Å². The average Bonchev–Trinajstić information content (AvgIpc) is 2.32. The topological polar surface area (TPSA) is 26.3 Å². The summed E-state index contributed by atoms with van der Waals surface area (Å²) in [7, 11) is 0. The lowest BCUT2D eigenvalue weighted by atomic mass is 10.1. The minimum atomic E-state index is 0.00565. The quantitative estimate of drug-likeness (QED) is 0.599. The molecule has 0 heterocycles. The maximum atomic E-state index is 11.3. The van der Waals surface area contributed by atoms with Gasteiger partial charge >= 0.3 is 0 Å². The minimum absolute atomic E-state index is 0.00565. The zero-order chi connectivity index (χ0) is 14.0. The Morgan fingerprint density at radius 1 is 1.11 bits per heavy atom. The summed E-state index contributed by atoms with van der Waals surface area (Å²) in [5, 5.41) is 0.632. The lowest BCUT2D eigenvalue weighted by molar-refractivity contribution is 0.101. The Morgan fingerprint density at radius 3 is 2.42 bits per heavy atom. The summed E-state index contributed by atoms with van der Waals surface area (Å²) >= 11 is 12.6. The molecule has 0 atom stereocenters. The van der Waals surface area contributed by atoms with Crippen LogP contribution in [0.1, 0.15) is 17.3 Å². The Hall–Kier alpha value is -0.840. The maximum Gasteiger partial charge on any atom is 0.160 e. The van der Waals surface area contributed by atoms with Gasteiger partial charge in [-0.1, -0.05) is 11.6 Å². The monoisotopic (exact) mass is 402 g/mol. The van der Waals surface area contributed by atoms with Crippen molar-refractivity contribution in [3.05, 3.63) is 55.9 Å². The zero-order valence-electron chi connectivity index (χ0n) is 9.91. The van der Waals surface area contributed by atoms with Gasteiger partial charge < -0.3 is 4.74 Å². The second-order valence-corrected chi connectivity index (χ2v) is 6.02. The van der Waals surface area contributed by atoms with Crippen molar-refractivity contribution in [2.75, 3.05) is 0 Å². The summed E-state index contributed by atoms with van der Waals surface area (Å²) in [5.41, 5.74) is 0.627. The van der Waals surface area contributed by atoms with Gasteiger partial charge in [0.15, 0.2) is 5.78 Å². The van der Waals surface area contributed by atoms with Crippen LogP contribution in [0, 0.1) is 0 Å². The molecule has 0 saturated carbocycles. The largest absolute Gasteiger partial charge is 0.456 e. The smallest absolute Gasteiger partial charge is 0.160 e. The second kappa shape index (κ2) is 6.07. The van der Waals surface area contributed by atoms with Crippen LogP contribution in [0.2, 0.25) is 5.02 Å². The Balaban J connectivity index is 2.29. The summed E-state index contributed by atoms with van der Waals surface area (Å²) in [6.45, 7) is 1.52. The van der Waals surface area contributed by atoms with Gasteiger partial charge in [0.1, 0.15) is 11.5 Å². The molecule has 0 amide bonds. The van der Waals surface area contributed by atoms with E-state index in [0.717, 1.165) is 4.47 Å². The molecule has 2 nitrogen and oxygen atoms in total. The number of hydrogen-bond acceptors (Lipinski definition) is 2. The highest BCUT2D eigenvalue weighted by molar-refractivity contribution is 9.10. The van der Waals surface area contributed by atoms with Crippen molar-refractivity contribution >= 4 is 49.2 Å². The standard InChI is InChI=1S/C14H9Br2ClO2/c1-8(18)11-4-3-10(7-12(11)15)19-14-5-2-9(17)6-13(14)16/h2-7H,1H3. The first-order valence-corrected chi connectivity index (χ1v) is 7.37. The van der Waals surface area contributed by atoms with E-state index < -0.39 is 0 Å². The predicted molar refractivity (Wildman–Crippen MR) is 83.4 cm³/mol. The van der Waals surface area contributed by atoms with Crippen molar-refractivity contribution < 1.29 is 9.53 Å². The third kappa shape index (κ3) is 3.59. The van der Waals surface area contributed by atoms with Gasteiger partial charge in [0.25, 0.3) is 0 Å². The number of carbonyl (C=O) groups is 1. The van der Waals surface area contributed by atoms with Crippen LogP contribution in [-0.4, -0.2) is 5.78 Å². The summed E-state index contributed by atoms with van der Waals surface area (Å²) in [5.74, 6) is 1.30. The number of ether oxygens (including phenoxy) is 1. The van der Waals surface area contributed by atoms with E-state index in [9.17, 15) is 4.79 Å². The van der Waals surface area contributed by atoms with Gasteiger partial charge in [-0.15, -0.1) is 0 Å². The summed E-state index contributed by atoms with van der Waals surface area (Å²) in [6.07, 6.45) is 0. The first-order chi connectivity index (χ1) is 8.97. The molecule has 0 aromatic heterocycles. The first-order valence-electron chi connectivity index (χ1n) is 5.41. The normalized spacial score (nSPS) is 10.3. The Bertz CT molecular complexity index is 641. The van der Waals surface area contributed by atoms with Crippen LogP contribution >= 0.6 is 43.5 Å². The van der Waals surface area contributed by atoms with Crippen molar-refractivity contribution in [2.45, 2.75) is 6.92 Å². The molecular formula is C14H9Br2ClO2. The van der Waals surface area contributed by atoms with Gasteiger partial charge in [-0.25, -0.2) is 0 Å². The van der Waals surface area contributed by atoms with E-state index in [2.05, 4.69) is 31.9 Å². The highest BCUT2D eigenvalue weighted by Crippen LogP contribution is 2.33. The SMILES string of the molecule is CC(=O)c1ccc(Oc2ccc(Cl)cc2Br)cc1Br. The fourth-order valence-corrected chi connectivity index (χ4v) is 2.93. The molecule has 5 heteroatoms. The molecule has 2 rings (SSSR count). The van der Waals surface area contributed by atoms with E-state index in [0.29, 0.717) is 26.6 Å². The first kappa shape index (κ1) is 14.6. The number of benzene rings is 2. The molecule has 0 saturated heterocycles. The molecule has 0 bridgehead atoms. The molecule has 0 fully saturated rings. The third-order valence-corrected chi connectivity index (χ3v) is 3.95. The van der Waals surface area contributed by atoms with Crippen LogP contribution in [0.4, 0.5) is 0 Å². The van der Waals surface area contributed by atoms with E-state index in [1.165, 1.54) is 6.92 Å². The average molecular weight is 404 g/mol. The molecule has 2 aromatic rings. The van der Waals surface area contributed by atoms with Crippen LogP contribution in [0.3, 0.4) is 0 Å². The van der Waals surface area contributed by atoms with E-state index in [1.54, 1.807) is 36.4 Å². The van der Waals surface area contributed by atoms with Crippen molar-refractivity contribution in [3.8, 4) is 11.5 Å². The molecule has 19 heavy (non-hydrogen) atoms. The molecule has 0 aliphatic heterocycles. The van der Waals surface area contributed by atoms with E-state index >= 15 is 0 Å². The molecule has 0 aliphatic rings. The van der Waals surface area contributed by atoms with Crippen molar-refractivity contribution in [1.29, 1.82) is 0 Å². The Kier molecular flexibility index (Phi) is 4.66. The molecule has 0 unspecified atom stereocenters. The summed E-state index contributed by atoms with van der Waals surface area (Å²) in [4.78, 5) is 11.3. The number of rotatable bonds is 3. The van der Waals surface area contributed by atoms with Crippen LogP contribution < -0.4 is 4.74 Å². The predicted octanol–water partition coefficient (Wildman–Crippen LogP) is 5.86. The van der Waals surface area contributed by atoms with Gasteiger partial charge in [0.2, 0.25) is 0 Å².